The molecule has 0 radical (unpaired) electrons. The summed E-state index contributed by atoms with van der Waals surface area (Å²) < 4.78 is 24.6. The lowest BCUT2D eigenvalue weighted by molar-refractivity contribution is -0.136. The van der Waals surface area contributed by atoms with E-state index in [1.54, 1.807) is 30.6 Å². The number of halogens is 1. The van der Waals surface area contributed by atoms with Gasteiger partial charge in [-0.25, -0.2) is 4.39 Å². The fourth-order valence-electron chi connectivity index (χ4n) is 4.11. The standard InChI is InChI=1S/C25H35FN2O4S/c1-18(2)7-10-27(14-20(29)16-31-3)15-25(30)28-11-8-24-22(9-12-33-24)23(28)17-32-21-6-4-5-19(26)13-21/h4-6,9,12-13,18,20,23,29H,7-8,10-11,14-17H2,1-3H3/t20-,23+/m0/s1. The molecule has 0 spiro atoms. The van der Waals surface area contributed by atoms with Gasteiger partial charge in [-0.1, -0.05) is 19.9 Å². The van der Waals surface area contributed by atoms with E-state index in [4.69, 9.17) is 9.47 Å². The number of ether oxygens (including phenoxy) is 2. The summed E-state index contributed by atoms with van der Waals surface area (Å²) in [4.78, 5) is 18.6. The minimum Gasteiger partial charge on any atom is -0.491 e. The van der Waals surface area contributed by atoms with Crippen molar-refractivity contribution in [3.8, 4) is 5.75 Å². The van der Waals surface area contributed by atoms with Gasteiger partial charge in [0, 0.05) is 31.1 Å². The van der Waals surface area contributed by atoms with Crippen molar-refractivity contribution in [2.24, 2.45) is 5.92 Å². The van der Waals surface area contributed by atoms with Crippen LogP contribution in [0.2, 0.25) is 0 Å². The SMILES string of the molecule is COC[C@@H](O)CN(CCC(C)C)CC(=O)N1CCc2sccc2[C@H]1COc1cccc(F)c1. The molecule has 2 heterocycles. The summed E-state index contributed by atoms with van der Waals surface area (Å²) in [5.74, 6) is 0.604. The third kappa shape index (κ3) is 7.50. The number of carbonyl (C=O) groups excluding carboxylic acids is 1. The molecular formula is C25H35FN2O4S. The van der Waals surface area contributed by atoms with Gasteiger partial charge in [0.2, 0.25) is 5.91 Å². The number of carbonyl (C=O) groups is 1. The number of rotatable bonds is 12. The molecule has 0 unspecified atom stereocenters. The Morgan fingerprint density at radius 1 is 1.36 bits per heavy atom. The van der Waals surface area contributed by atoms with E-state index in [9.17, 15) is 14.3 Å². The summed E-state index contributed by atoms with van der Waals surface area (Å²) in [7, 11) is 1.56. The van der Waals surface area contributed by atoms with Gasteiger partial charge in [0.05, 0.1) is 25.3 Å². The molecule has 1 amide bonds. The number of aliphatic hydroxyl groups is 1. The first-order valence-electron chi connectivity index (χ1n) is 11.5. The number of nitrogens with zero attached hydrogens (tertiary/aromatic N) is 2. The van der Waals surface area contributed by atoms with E-state index in [1.807, 2.05) is 15.2 Å². The molecule has 3 rings (SSSR count). The Morgan fingerprint density at radius 2 is 2.18 bits per heavy atom. The Kier molecular flexibility index (Phi) is 9.67. The smallest absolute Gasteiger partial charge is 0.237 e. The molecule has 2 atom stereocenters. The molecule has 1 aliphatic rings. The maximum atomic E-state index is 13.6. The Labute approximate surface area is 199 Å². The van der Waals surface area contributed by atoms with Crippen LogP contribution < -0.4 is 4.74 Å². The highest BCUT2D eigenvalue weighted by atomic mass is 32.1. The van der Waals surface area contributed by atoms with Gasteiger partial charge >= 0.3 is 0 Å². The highest BCUT2D eigenvalue weighted by Gasteiger charge is 2.33. The van der Waals surface area contributed by atoms with Crippen LogP contribution in [0.25, 0.3) is 0 Å². The van der Waals surface area contributed by atoms with Crippen LogP contribution in [0.3, 0.4) is 0 Å². The molecule has 0 bridgehead atoms. The van der Waals surface area contributed by atoms with Crippen molar-refractivity contribution < 1.29 is 23.8 Å². The predicted octanol–water partition coefficient (Wildman–Crippen LogP) is 3.75. The highest BCUT2D eigenvalue weighted by molar-refractivity contribution is 7.10. The number of aliphatic hydroxyl groups excluding tert-OH is 1. The first kappa shape index (κ1) is 25.6. The molecule has 1 aromatic heterocycles. The predicted molar refractivity (Wildman–Crippen MR) is 128 cm³/mol. The molecule has 1 aliphatic heterocycles. The minimum absolute atomic E-state index is 0.00747. The molecule has 0 aliphatic carbocycles. The molecule has 2 aromatic rings. The van der Waals surface area contributed by atoms with E-state index >= 15 is 0 Å². The second-order valence-corrected chi connectivity index (χ2v) is 9.95. The van der Waals surface area contributed by atoms with E-state index in [0.29, 0.717) is 24.8 Å². The van der Waals surface area contributed by atoms with E-state index in [0.717, 1.165) is 24.9 Å². The molecule has 0 saturated carbocycles. The molecule has 0 fully saturated rings. The van der Waals surface area contributed by atoms with Crippen LogP contribution in [-0.4, -0.2) is 73.4 Å². The van der Waals surface area contributed by atoms with Crippen molar-refractivity contribution in [1.82, 2.24) is 9.80 Å². The van der Waals surface area contributed by atoms with E-state index < -0.39 is 6.10 Å². The third-order valence-corrected chi connectivity index (χ3v) is 6.83. The van der Waals surface area contributed by atoms with Crippen molar-refractivity contribution >= 4 is 17.2 Å². The molecule has 8 heteroatoms. The maximum absolute atomic E-state index is 13.6. The quantitative estimate of drug-likeness (QED) is 0.504. The molecular weight excluding hydrogens is 443 g/mol. The number of thiophene rings is 1. The lowest BCUT2D eigenvalue weighted by atomic mass is 10.00. The van der Waals surface area contributed by atoms with Gasteiger partial charge < -0.3 is 19.5 Å². The molecule has 33 heavy (non-hydrogen) atoms. The van der Waals surface area contributed by atoms with Crippen molar-refractivity contribution in [2.75, 3.05) is 46.5 Å². The van der Waals surface area contributed by atoms with Crippen molar-refractivity contribution in [1.29, 1.82) is 0 Å². The summed E-state index contributed by atoms with van der Waals surface area (Å²) >= 11 is 1.70. The van der Waals surface area contributed by atoms with Crippen molar-refractivity contribution in [3.05, 3.63) is 52.0 Å². The van der Waals surface area contributed by atoms with E-state index in [2.05, 4.69) is 19.9 Å². The largest absolute Gasteiger partial charge is 0.491 e. The van der Waals surface area contributed by atoms with Gasteiger partial charge in [0.25, 0.3) is 0 Å². The van der Waals surface area contributed by atoms with Crippen LogP contribution in [0, 0.1) is 11.7 Å². The molecule has 1 N–H and O–H groups in total. The van der Waals surface area contributed by atoms with Gasteiger partial charge in [-0.2, -0.15) is 0 Å². The molecule has 6 nitrogen and oxygen atoms in total. The minimum atomic E-state index is -0.646. The number of hydrogen-bond donors (Lipinski definition) is 1. The van der Waals surface area contributed by atoms with Crippen molar-refractivity contribution in [2.45, 2.75) is 38.8 Å². The van der Waals surface area contributed by atoms with Crippen LogP contribution in [0.1, 0.15) is 36.8 Å². The number of amides is 1. The van der Waals surface area contributed by atoms with Gasteiger partial charge in [-0.15, -0.1) is 11.3 Å². The summed E-state index contributed by atoms with van der Waals surface area (Å²) in [6, 6.07) is 7.89. The second-order valence-electron chi connectivity index (χ2n) is 8.95. The molecule has 0 saturated heterocycles. The van der Waals surface area contributed by atoms with Gasteiger partial charge in [-0.05, 0) is 54.4 Å². The first-order valence-corrected chi connectivity index (χ1v) is 12.4. The monoisotopic (exact) mass is 478 g/mol. The zero-order valence-electron chi connectivity index (χ0n) is 19.7. The van der Waals surface area contributed by atoms with Gasteiger partial charge in [0.15, 0.2) is 0 Å². The summed E-state index contributed by atoms with van der Waals surface area (Å²) in [5, 5.41) is 12.3. The Morgan fingerprint density at radius 3 is 2.91 bits per heavy atom. The zero-order chi connectivity index (χ0) is 23.8. The van der Waals surface area contributed by atoms with E-state index in [1.165, 1.54) is 17.0 Å². The normalized spacial score (nSPS) is 16.8. The first-order chi connectivity index (χ1) is 15.9. The Bertz CT molecular complexity index is 891. The summed E-state index contributed by atoms with van der Waals surface area (Å²) in [5.41, 5.74) is 1.10. The van der Waals surface area contributed by atoms with Crippen LogP contribution >= 0.6 is 11.3 Å². The number of methoxy groups -OCH3 is 1. The fraction of sp³-hybridized carbons (Fsp3) is 0.560. The average Bonchev–Trinajstić information content (AvgIpc) is 3.25. The highest BCUT2D eigenvalue weighted by Crippen LogP contribution is 2.34. The topological polar surface area (TPSA) is 62.2 Å². The summed E-state index contributed by atoms with van der Waals surface area (Å²) in [6.45, 7) is 6.74. The zero-order valence-corrected chi connectivity index (χ0v) is 20.5. The lowest BCUT2D eigenvalue weighted by Crippen LogP contribution is -2.48. The van der Waals surface area contributed by atoms with Gasteiger partial charge in [-0.3, -0.25) is 9.69 Å². The summed E-state index contributed by atoms with van der Waals surface area (Å²) in [6.07, 6.45) is 1.10. The number of fused-ring (bicyclic) bond motifs is 1. The molecule has 182 valence electrons. The maximum Gasteiger partial charge on any atom is 0.237 e. The van der Waals surface area contributed by atoms with Crippen LogP contribution in [-0.2, 0) is 16.0 Å². The lowest BCUT2D eigenvalue weighted by Gasteiger charge is -2.37. The van der Waals surface area contributed by atoms with Gasteiger partial charge in [0.1, 0.15) is 18.2 Å². The number of benzene rings is 1. The van der Waals surface area contributed by atoms with Crippen LogP contribution in [0.5, 0.6) is 5.75 Å². The van der Waals surface area contributed by atoms with Crippen LogP contribution in [0.15, 0.2) is 35.7 Å². The second kappa shape index (κ2) is 12.5. The van der Waals surface area contributed by atoms with Crippen LogP contribution in [0.4, 0.5) is 4.39 Å². The average molecular weight is 479 g/mol. The fourth-order valence-corrected chi connectivity index (χ4v) is 5.04. The Hall–Kier alpha value is -2.00. The Balaban J connectivity index is 1.72. The number of hydrogen-bond acceptors (Lipinski definition) is 6. The van der Waals surface area contributed by atoms with E-state index in [-0.39, 0.29) is 37.5 Å². The molecule has 1 aromatic carbocycles. The van der Waals surface area contributed by atoms with Crippen molar-refractivity contribution in [3.63, 3.8) is 0 Å². The third-order valence-electron chi connectivity index (χ3n) is 5.83.